The zero-order valence-corrected chi connectivity index (χ0v) is 16.3. The van der Waals surface area contributed by atoms with E-state index < -0.39 is 15.9 Å². The van der Waals surface area contributed by atoms with E-state index in [-0.39, 0.29) is 29.3 Å². The summed E-state index contributed by atoms with van der Waals surface area (Å²) in [7, 11) is -3.70. The van der Waals surface area contributed by atoms with Crippen molar-refractivity contribution < 1.29 is 23.1 Å². The molecule has 0 aliphatic carbocycles. The van der Waals surface area contributed by atoms with Crippen molar-refractivity contribution in [2.45, 2.75) is 4.90 Å². The van der Waals surface area contributed by atoms with E-state index >= 15 is 0 Å². The van der Waals surface area contributed by atoms with Crippen LogP contribution < -0.4 is 5.43 Å². The molecule has 2 aromatic carbocycles. The van der Waals surface area contributed by atoms with Gasteiger partial charge < -0.3 is 9.84 Å². The van der Waals surface area contributed by atoms with E-state index in [1.54, 1.807) is 0 Å². The summed E-state index contributed by atoms with van der Waals surface area (Å²) >= 11 is 5.85. The van der Waals surface area contributed by atoms with Crippen LogP contribution in [0.1, 0.15) is 15.9 Å². The van der Waals surface area contributed by atoms with Gasteiger partial charge in [-0.25, -0.2) is 13.8 Å². The first-order valence-corrected chi connectivity index (χ1v) is 10.2. The summed E-state index contributed by atoms with van der Waals surface area (Å²) in [5.74, 6) is -0.627. The number of sulfonamides is 1. The fourth-order valence-corrected chi connectivity index (χ4v) is 4.22. The molecule has 1 amide bonds. The van der Waals surface area contributed by atoms with Gasteiger partial charge in [0.25, 0.3) is 5.91 Å². The summed E-state index contributed by atoms with van der Waals surface area (Å²) in [6, 6.07) is 10.1. The first kappa shape index (κ1) is 20.3. The second kappa shape index (κ2) is 8.70. The summed E-state index contributed by atoms with van der Waals surface area (Å²) in [4.78, 5) is 12.3. The lowest BCUT2D eigenvalue weighted by molar-refractivity contribution is 0.0730. The minimum Gasteiger partial charge on any atom is -0.507 e. The molecule has 1 heterocycles. The first-order valence-electron chi connectivity index (χ1n) is 8.38. The minimum absolute atomic E-state index is 0.0264. The number of ether oxygens (including phenoxy) is 1. The van der Waals surface area contributed by atoms with Crippen LogP contribution in [0.5, 0.6) is 5.75 Å². The zero-order chi connectivity index (χ0) is 20.1. The Kier molecular flexibility index (Phi) is 6.30. The van der Waals surface area contributed by atoms with Gasteiger partial charge in [-0.3, -0.25) is 4.79 Å². The topological polar surface area (TPSA) is 108 Å². The number of hydrogen-bond acceptors (Lipinski definition) is 6. The van der Waals surface area contributed by atoms with Crippen LogP contribution in [0, 0.1) is 0 Å². The van der Waals surface area contributed by atoms with Gasteiger partial charge in [0, 0.05) is 29.2 Å². The van der Waals surface area contributed by atoms with Gasteiger partial charge in [0.05, 0.1) is 24.3 Å². The van der Waals surface area contributed by atoms with E-state index in [0.29, 0.717) is 23.8 Å². The van der Waals surface area contributed by atoms with Gasteiger partial charge in [-0.2, -0.15) is 9.41 Å². The number of amides is 1. The lowest BCUT2D eigenvalue weighted by Gasteiger charge is -2.26. The largest absolute Gasteiger partial charge is 0.507 e. The number of hydrogen-bond donors (Lipinski definition) is 2. The van der Waals surface area contributed by atoms with Gasteiger partial charge in [-0.15, -0.1) is 0 Å². The number of carbonyl (C=O) groups is 1. The lowest BCUT2D eigenvalue weighted by atomic mass is 10.2. The molecular weight excluding hydrogens is 406 g/mol. The number of phenols is 1. The highest BCUT2D eigenvalue weighted by molar-refractivity contribution is 7.89. The standard InChI is InChI=1S/C18H18ClN3O5S/c19-15-4-5-17(23)14(10-15)12-20-21-18(24)13-2-1-3-16(11-13)28(25,26)22-6-8-27-9-7-22/h1-5,10-12,23H,6-9H2,(H,21,24)/b20-12+. The third-order valence-electron chi connectivity index (χ3n) is 4.06. The molecule has 1 fully saturated rings. The highest BCUT2D eigenvalue weighted by atomic mass is 35.5. The summed E-state index contributed by atoms with van der Waals surface area (Å²) in [5.41, 5.74) is 2.77. The van der Waals surface area contributed by atoms with Crippen LogP contribution in [0.25, 0.3) is 0 Å². The lowest BCUT2D eigenvalue weighted by Crippen LogP contribution is -2.40. The van der Waals surface area contributed by atoms with E-state index in [9.17, 15) is 18.3 Å². The number of aromatic hydroxyl groups is 1. The van der Waals surface area contributed by atoms with Crippen molar-refractivity contribution in [1.82, 2.24) is 9.73 Å². The molecule has 0 bridgehead atoms. The molecule has 0 aromatic heterocycles. The average Bonchev–Trinajstić information content (AvgIpc) is 2.71. The molecule has 3 rings (SSSR count). The maximum Gasteiger partial charge on any atom is 0.271 e. The molecule has 1 saturated heterocycles. The SMILES string of the molecule is O=C(N/N=C/c1cc(Cl)ccc1O)c1cccc(S(=O)(=O)N2CCOCC2)c1. The number of nitrogens with one attached hydrogen (secondary N) is 1. The van der Waals surface area contributed by atoms with Crippen molar-refractivity contribution in [3.05, 3.63) is 58.6 Å². The Morgan fingerprint density at radius 3 is 2.71 bits per heavy atom. The van der Waals surface area contributed by atoms with Gasteiger partial charge in [-0.1, -0.05) is 17.7 Å². The van der Waals surface area contributed by atoms with Crippen LogP contribution in [-0.2, 0) is 14.8 Å². The minimum atomic E-state index is -3.70. The van der Waals surface area contributed by atoms with Crippen molar-refractivity contribution in [1.29, 1.82) is 0 Å². The number of rotatable bonds is 5. The van der Waals surface area contributed by atoms with Gasteiger partial charge in [-0.05, 0) is 36.4 Å². The predicted octanol–water partition coefficient (Wildman–Crippen LogP) is 1.83. The van der Waals surface area contributed by atoms with Crippen molar-refractivity contribution in [2.75, 3.05) is 26.3 Å². The number of morpholine rings is 1. The maximum atomic E-state index is 12.7. The molecule has 0 unspecified atom stereocenters. The van der Waals surface area contributed by atoms with Crippen molar-refractivity contribution >= 4 is 33.7 Å². The molecule has 0 atom stereocenters. The quantitative estimate of drug-likeness (QED) is 0.563. The average molecular weight is 424 g/mol. The number of nitrogens with zero attached hydrogens (tertiary/aromatic N) is 2. The smallest absolute Gasteiger partial charge is 0.271 e. The fourth-order valence-electron chi connectivity index (χ4n) is 2.59. The molecule has 2 aromatic rings. The maximum absolute atomic E-state index is 12.7. The Bertz CT molecular complexity index is 1000. The van der Waals surface area contributed by atoms with Crippen LogP contribution in [-0.4, -0.2) is 56.3 Å². The number of benzene rings is 2. The van der Waals surface area contributed by atoms with Crippen LogP contribution >= 0.6 is 11.6 Å². The highest BCUT2D eigenvalue weighted by Gasteiger charge is 2.26. The van der Waals surface area contributed by atoms with Crippen LogP contribution in [0.3, 0.4) is 0 Å². The van der Waals surface area contributed by atoms with Crippen molar-refractivity contribution in [3.63, 3.8) is 0 Å². The molecular formula is C18H18ClN3O5S. The van der Waals surface area contributed by atoms with Gasteiger partial charge in [0.2, 0.25) is 10.0 Å². The molecule has 1 aliphatic rings. The van der Waals surface area contributed by atoms with E-state index in [2.05, 4.69) is 10.5 Å². The molecule has 28 heavy (non-hydrogen) atoms. The monoisotopic (exact) mass is 423 g/mol. The predicted molar refractivity (Wildman–Crippen MR) is 104 cm³/mol. The van der Waals surface area contributed by atoms with E-state index in [4.69, 9.17) is 16.3 Å². The van der Waals surface area contributed by atoms with Gasteiger partial charge >= 0.3 is 0 Å². The molecule has 148 valence electrons. The summed E-state index contributed by atoms with van der Waals surface area (Å²) in [6.07, 6.45) is 1.24. The number of carbonyl (C=O) groups excluding carboxylic acids is 1. The van der Waals surface area contributed by atoms with Crippen molar-refractivity contribution in [2.24, 2.45) is 5.10 Å². The van der Waals surface area contributed by atoms with E-state index in [1.807, 2.05) is 0 Å². The molecule has 0 saturated carbocycles. The van der Waals surface area contributed by atoms with E-state index in [0.717, 1.165) is 0 Å². The number of phenolic OH excluding ortho intramolecular Hbond substituents is 1. The second-order valence-corrected chi connectivity index (χ2v) is 8.32. The molecule has 0 radical (unpaired) electrons. The van der Waals surface area contributed by atoms with Crippen LogP contribution in [0.4, 0.5) is 0 Å². The van der Waals surface area contributed by atoms with E-state index in [1.165, 1.54) is 53.0 Å². The first-order chi connectivity index (χ1) is 13.4. The number of hydrazone groups is 1. The van der Waals surface area contributed by atoms with Crippen LogP contribution in [0.15, 0.2) is 52.5 Å². The van der Waals surface area contributed by atoms with Crippen LogP contribution in [0.2, 0.25) is 5.02 Å². The van der Waals surface area contributed by atoms with Crippen molar-refractivity contribution in [3.8, 4) is 5.75 Å². The molecule has 8 nitrogen and oxygen atoms in total. The second-order valence-electron chi connectivity index (χ2n) is 5.95. The highest BCUT2D eigenvalue weighted by Crippen LogP contribution is 2.20. The normalized spacial score (nSPS) is 15.6. The Balaban J connectivity index is 1.73. The Hall–Kier alpha value is -2.46. The molecule has 1 aliphatic heterocycles. The summed E-state index contributed by atoms with van der Waals surface area (Å²) in [6.45, 7) is 1.22. The Labute approximate surface area is 167 Å². The molecule has 10 heteroatoms. The van der Waals surface area contributed by atoms with Gasteiger partial charge in [0.1, 0.15) is 5.75 Å². The summed E-state index contributed by atoms with van der Waals surface area (Å²) < 4.78 is 31.9. The molecule has 2 N–H and O–H groups in total. The third kappa shape index (κ3) is 4.68. The Morgan fingerprint density at radius 2 is 1.96 bits per heavy atom. The summed E-state index contributed by atoms with van der Waals surface area (Å²) in [5, 5.41) is 13.9. The zero-order valence-electron chi connectivity index (χ0n) is 14.7. The van der Waals surface area contributed by atoms with Gasteiger partial charge in [0.15, 0.2) is 0 Å². The molecule has 0 spiro atoms. The Morgan fingerprint density at radius 1 is 1.21 bits per heavy atom. The fraction of sp³-hybridized carbons (Fsp3) is 0.222. The third-order valence-corrected chi connectivity index (χ3v) is 6.19. The number of halogens is 1.